The fraction of sp³-hybridized carbons (Fsp3) is 0.667. The minimum Gasteiger partial charge on any atom is -0.445 e. The van der Waals surface area contributed by atoms with E-state index >= 15 is 0 Å². The van der Waals surface area contributed by atoms with Crippen LogP contribution < -0.4 is 0 Å². The van der Waals surface area contributed by atoms with Crippen LogP contribution in [0.2, 0.25) is 0 Å². The van der Waals surface area contributed by atoms with Gasteiger partial charge in [0.2, 0.25) is 0 Å². The molecule has 0 fully saturated rings. The molecule has 0 spiro atoms. The normalized spacial score (nSPS) is 16.6. The summed E-state index contributed by atoms with van der Waals surface area (Å²) in [5.74, 6) is 0. The molecular weight excluding hydrogens is 199 g/mol. The van der Waals surface area contributed by atoms with Crippen molar-refractivity contribution >= 4 is 28.9 Å². The summed E-state index contributed by atoms with van der Waals surface area (Å²) >= 11 is 6.55. The van der Waals surface area contributed by atoms with Gasteiger partial charge in [-0.3, -0.25) is 0 Å². The average molecular weight is 212 g/mol. The first kappa shape index (κ1) is 11.5. The summed E-state index contributed by atoms with van der Waals surface area (Å²) in [6, 6.07) is 0. The summed E-state index contributed by atoms with van der Waals surface area (Å²) in [6.45, 7) is 2.04. The van der Waals surface area contributed by atoms with Crippen LogP contribution >= 0.6 is 17.1 Å². The van der Waals surface area contributed by atoms with Crippen LogP contribution in [0.3, 0.4) is 0 Å². The Morgan fingerprint density at radius 2 is 2.27 bits per heavy atom. The van der Waals surface area contributed by atoms with Crippen molar-refractivity contribution in [2.45, 2.75) is 13.3 Å². The molecule has 2 nitrogen and oxygen atoms in total. The van der Waals surface area contributed by atoms with Crippen LogP contribution in [0, 0.1) is 0 Å². The third kappa shape index (κ3) is 4.86. The van der Waals surface area contributed by atoms with Gasteiger partial charge in [0.25, 0.3) is 5.69 Å². The van der Waals surface area contributed by atoms with Gasteiger partial charge >= 0.3 is 0 Å². The van der Waals surface area contributed by atoms with Gasteiger partial charge in [-0.25, -0.2) is 0 Å². The molecule has 0 saturated heterocycles. The van der Waals surface area contributed by atoms with Crippen LogP contribution in [0.15, 0.2) is 12.3 Å². The third-order valence-electron chi connectivity index (χ3n) is 0.969. The second-order valence-corrected chi connectivity index (χ2v) is 8.21. The van der Waals surface area contributed by atoms with Crippen molar-refractivity contribution in [1.29, 1.82) is 0 Å². The first-order valence-electron chi connectivity index (χ1n) is 3.23. The zero-order valence-corrected chi connectivity index (χ0v) is 9.47. The van der Waals surface area contributed by atoms with Gasteiger partial charge in [0.05, 0.1) is 6.26 Å². The van der Waals surface area contributed by atoms with Crippen LogP contribution in [0.5, 0.6) is 0 Å². The average Bonchev–Trinajstić information content (AvgIpc) is 2.05. The molecule has 1 unspecified atom stereocenters. The Morgan fingerprint density at radius 3 is 2.64 bits per heavy atom. The number of allylic oxidation sites excluding steroid dienone is 1. The van der Waals surface area contributed by atoms with Crippen LogP contribution in [-0.4, -0.2) is 13.4 Å². The lowest BCUT2D eigenvalue weighted by molar-refractivity contribution is 0.383. The highest BCUT2D eigenvalue weighted by atomic mass is 32.9. The van der Waals surface area contributed by atoms with Gasteiger partial charge in [-0.15, -0.1) is 0 Å². The minimum absolute atomic E-state index is 0.952. The van der Waals surface area contributed by atoms with Crippen molar-refractivity contribution in [3.8, 4) is 0 Å². The van der Waals surface area contributed by atoms with E-state index in [9.17, 15) is 0 Å². The van der Waals surface area contributed by atoms with Gasteiger partial charge in [-0.05, 0) is 30.6 Å². The molecule has 0 amide bonds. The minimum atomic E-state index is -2.05. The van der Waals surface area contributed by atoms with Crippen LogP contribution in [0.25, 0.3) is 0 Å². The van der Waals surface area contributed by atoms with E-state index in [1.54, 1.807) is 13.4 Å². The first-order valence-corrected chi connectivity index (χ1v) is 7.70. The van der Waals surface area contributed by atoms with Crippen molar-refractivity contribution in [3.63, 3.8) is 0 Å². The fourth-order valence-corrected chi connectivity index (χ4v) is 1.93. The quantitative estimate of drug-likeness (QED) is 0.514. The Kier molecular flexibility index (Phi) is 6.34. The standard InChI is InChI=1S/C6H13O2PS2/c1-4-5-6-8-9(10,7-2)11-3/h5-6H,4H2,1-3H3. The molecule has 0 aliphatic heterocycles. The van der Waals surface area contributed by atoms with E-state index in [0.29, 0.717) is 0 Å². The molecule has 0 aromatic carbocycles. The van der Waals surface area contributed by atoms with E-state index in [1.807, 2.05) is 19.3 Å². The first-order chi connectivity index (χ1) is 5.18. The molecule has 0 bridgehead atoms. The smallest absolute Gasteiger partial charge is 0.296 e. The van der Waals surface area contributed by atoms with E-state index in [2.05, 4.69) is 0 Å². The maximum absolute atomic E-state index is 5.25. The summed E-state index contributed by atoms with van der Waals surface area (Å²) < 4.78 is 10.3. The van der Waals surface area contributed by atoms with Gasteiger partial charge in [-0.2, -0.15) is 0 Å². The monoisotopic (exact) mass is 212 g/mol. The third-order valence-corrected chi connectivity index (χ3v) is 6.34. The second-order valence-electron chi connectivity index (χ2n) is 1.70. The molecule has 0 N–H and O–H groups in total. The Hall–Kier alpha value is 0.500. The van der Waals surface area contributed by atoms with Crippen molar-refractivity contribution < 1.29 is 9.05 Å². The van der Waals surface area contributed by atoms with Crippen LogP contribution in [0.4, 0.5) is 0 Å². The summed E-state index contributed by atoms with van der Waals surface area (Å²) in [4.78, 5) is 0. The molecule has 0 aliphatic carbocycles. The highest BCUT2D eigenvalue weighted by Crippen LogP contribution is 2.59. The van der Waals surface area contributed by atoms with E-state index in [1.165, 1.54) is 11.4 Å². The largest absolute Gasteiger partial charge is 0.445 e. The molecule has 66 valence electrons. The van der Waals surface area contributed by atoms with Gasteiger partial charge < -0.3 is 9.05 Å². The lowest BCUT2D eigenvalue weighted by atomic mass is 10.5. The predicted octanol–water partition coefficient (Wildman–Crippen LogP) is 3.16. The van der Waals surface area contributed by atoms with E-state index in [0.717, 1.165) is 6.42 Å². The van der Waals surface area contributed by atoms with Gasteiger partial charge in [-0.1, -0.05) is 18.3 Å². The second kappa shape index (κ2) is 6.06. The summed E-state index contributed by atoms with van der Waals surface area (Å²) in [7, 11) is 1.58. The lowest BCUT2D eigenvalue weighted by Crippen LogP contribution is -1.80. The van der Waals surface area contributed by atoms with Crippen molar-refractivity contribution in [2.24, 2.45) is 0 Å². The Morgan fingerprint density at radius 1 is 1.64 bits per heavy atom. The Labute approximate surface area is 77.3 Å². The molecule has 11 heavy (non-hydrogen) atoms. The number of hydrogen-bond acceptors (Lipinski definition) is 4. The Bertz CT molecular complexity index is 162. The van der Waals surface area contributed by atoms with Gasteiger partial charge in [0, 0.05) is 7.11 Å². The maximum Gasteiger partial charge on any atom is 0.296 e. The molecule has 0 aliphatic rings. The number of rotatable bonds is 5. The van der Waals surface area contributed by atoms with E-state index in [4.69, 9.17) is 20.9 Å². The highest BCUT2D eigenvalue weighted by molar-refractivity contribution is 8.67. The summed E-state index contributed by atoms with van der Waals surface area (Å²) in [6.07, 6.45) is 6.38. The SMILES string of the molecule is CCC=COP(=S)(OC)SC. The maximum atomic E-state index is 5.25. The molecule has 0 radical (unpaired) electrons. The van der Waals surface area contributed by atoms with E-state index < -0.39 is 5.69 Å². The zero-order valence-electron chi connectivity index (χ0n) is 6.94. The zero-order chi connectivity index (χ0) is 8.74. The van der Waals surface area contributed by atoms with Gasteiger partial charge in [0.1, 0.15) is 0 Å². The molecule has 0 heterocycles. The van der Waals surface area contributed by atoms with Crippen LogP contribution in [0.1, 0.15) is 13.3 Å². The molecular formula is C6H13O2PS2. The van der Waals surface area contributed by atoms with Crippen LogP contribution in [-0.2, 0) is 20.9 Å². The molecule has 0 aromatic rings. The molecule has 0 rings (SSSR count). The predicted molar refractivity (Wildman–Crippen MR) is 55.3 cm³/mol. The number of hydrogen-bond donors (Lipinski definition) is 0. The van der Waals surface area contributed by atoms with Crippen molar-refractivity contribution in [3.05, 3.63) is 12.3 Å². The summed E-state index contributed by atoms with van der Waals surface area (Å²) in [5.41, 5.74) is -2.05. The Balaban J connectivity index is 3.88. The topological polar surface area (TPSA) is 18.5 Å². The van der Waals surface area contributed by atoms with E-state index in [-0.39, 0.29) is 0 Å². The summed E-state index contributed by atoms with van der Waals surface area (Å²) in [5, 5.41) is 0. The molecule has 5 heteroatoms. The molecule has 0 saturated carbocycles. The molecule has 0 aromatic heterocycles. The lowest BCUT2D eigenvalue weighted by Gasteiger charge is -2.14. The fourth-order valence-electron chi connectivity index (χ4n) is 0.374. The van der Waals surface area contributed by atoms with Gasteiger partial charge in [0.15, 0.2) is 0 Å². The van der Waals surface area contributed by atoms with Crippen molar-refractivity contribution in [2.75, 3.05) is 13.4 Å². The highest BCUT2D eigenvalue weighted by Gasteiger charge is 2.13. The molecule has 1 atom stereocenters. The van der Waals surface area contributed by atoms with Crippen molar-refractivity contribution in [1.82, 2.24) is 0 Å².